The van der Waals surface area contributed by atoms with Gasteiger partial charge in [-0.15, -0.1) is 0 Å². The van der Waals surface area contributed by atoms with Gasteiger partial charge in [0.1, 0.15) is 0 Å². The van der Waals surface area contributed by atoms with Crippen LogP contribution in [0, 0.1) is 0 Å². The number of aromatic nitrogens is 1. The molecule has 0 amide bonds. The van der Waals surface area contributed by atoms with Crippen LogP contribution in [-0.2, 0) is 0 Å². The van der Waals surface area contributed by atoms with Gasteiger partial charge in [0, 0.05) is 17.1 Å². The van der Waals surface area contributed by atoms with E-state index in [1.807, 2.05) is 18.3 Å². The molecule has 0 saturated heterocycles. The van der Waals surface area contributed by atoms with Crippen molar-refractivity contribution in [3.05, 3.63) is 66.2 Å². The van der Waals surface area contributed by atoms with E-state index in [1.165, 1.54) is 5.56 Å². The van der Waals surface area contributed by atoms with E-state index < -0.39 is 0 Å². The highest BCUT2D eigenvalue weighted by atomic mass is 16.3. The Morgan fingerprint density at radius 3 is 2.90 bits per heavy atom. The molecule has 0 bridgehead atoms. The fraction of sp³-hybridized carbons (Fsp3) is 0.235. The van der Waals surface area contributed by atoms with Gasteiger partial charge in [-0.1, -0.05) is 31.2 Å². The second-order valence-electron chi connectivity index (χ2n) is 4.87. The van der Waals surface area contributed by atoms with Crippen molar-refractivity contribution in [2.45, 2.75) is 19.4 Å². The molecule has 0 spiro atoms. The standard InChI is InChI=1S/C17H18N2O/c1-2-9-18-17(14-8-11-20-12-14)15-7-3-5-13-6-4-10-19-16(13)15/h3-8,10-12,17-18H,2,9H2,1H3. The van der Waals surface area contributed by atoms with Crippen molar-refractivity contribution in [1.29, 1.82) is 0 Å². The second-order valence-corrected chi connectivity index (χ2v) is 4.87. The summed E-state index contributed by atoms with van der Waals surface area (Å²) < 4.78 is 5.25. The highest BCUT2D eigenvalue weighted by Crippen LogP contribution is 2.28. The van der Waals surface area contributed by atoms with Gasteiger partial charge >= 0.3 is 0 Å². The molecule has 2 aromatic heterocycles. The van der Waals surface area contributed by atoms with Gasteiger partial charge in [0.15, 0.2) is 0 Å². The van der Waals surface area contributed by atoms with Crippen LogP contribution in [0.5, 0.6) is 0 Å². The van der Waals surface area contributed by atoms with E-state index in [2.05, 4.69) is 41.5 Å². The van der Waals surface area contributed by atoms with Crippen LogP contribution < -0.4 is 5.32 Å². The molecule has 2 heterocycles. The third-order valence-electron chi connectivity index (χ3n) is 3.45. The SMILES string of the molecule is CCCNC(c1ccoc1)c1cccc2cccnc12. The zero-order chi connectivity index (χ0) is 13.8. The lowest BCUT2D eigenvalue weighted by Crippen LogP contribution is -2.23. The number of hydrogen-bond donors (Lipinski definition) is 1. The van der Waals surface area contributed by atoms with E-state index in [-0.39, 0.29) is 6.04 Å². The summed E-state index contributed by atoms with van der Waals surface area (Å²) in [4.78, 5) is 4.55. The molecule has 0 aliphatic heterocycles. The van der Waals surface area contributed by atoms with Crippen molar-refractivity contribution in [3.8, 4) is 0 Å². The van der Waals surface area contributed by atoms with Gasteiger partial charge in [0.2, 0.25) is 0 Å². The normalized spacial score (nSPS) is 12.7. The molecule has 1 aromatic carbocycles. The van der Waals surface area contributed by atoms with Crippen molar-refractivity contribution in [3.63, 3.8) is 0 Å². The van der Waals surface area contributed by atoms with Crippen LogP contribution in [-0.4, -0.2) is 11.5 Å². The lowest BCUT2D eigenvalue weighted by molar-refractivity contribution is 0.549. The number of hydrogen-bond acceptors (Lipinski definition) is 3. The number of benzene rings is 1. The van der Waals surface area contributed by atoms with Gasteiger partial charge in [-0.05, 0) is 30.7 Å². The molecule has 3 aromatic rings. The summed E-state index contributed by atoms with van der Waals surface area (Å²) in [6, 6.07) is 12.5. The zero-order valence-electron chi connectivity index (χ0n) is 11.5. The molecular formula is C17H18N2O. The first-order chi connectivity index (χ1) is 9.90. The summed E-state index contributed by atoms with van der Waals surface area (Å²) in [6.07, 6.45) is 6.45. The van der Waals surface area contributed by atoms with Crippen LogP contribution in [0.2, 0.25) is 0 Å². The molecule has 20 heavy (non-hydrogen) atoms. The first-order valence-electron chi connectivity index (χ1n) is 6.99. The van der Waals surface area contributed by atoms with Gasteiger partial charge in [0.25, 0.3) is 0 Å². The first-order valence-corrected chi connectivity index (χ1v) is 6.99. The first kappa shape index (κ1) is 12.9. The summed E-state index contributed by atoms with van der Waals surface area (Å²) in [7, 11) is 0. The Morgan fingerprint density at radius 1 is 1.20 bits per heavy atom. The smallest absolute Gasteiger partial charge is 0.0953 e. The summed E-state index contributed by atoms with van der Waals surface area (Å²) in [5.41, 5.74) is 3.37. The minimum atomic E-state index is 0.118. The van der Waals surface area contributed by atoms with Crippen LogP contribution in [0.4, 0.5) is 0 Å². The molecule has 3 nitrogen and oxygen atoms in total. The molecule has 0 aliphatic rings. The van der Waals surface area contributed by atoms with Gasteiger partial charge in [-0.3, -0.25) is 4.98 Å². The maximum atomic E-state index is 5.25. The summed E-state index contributed by atoms with van der Waals surface area (Å²) in [5.74, 6) is 0. The lowest BCUT2D eigenvalue weighted by atomic mass is 9.98. The predicted molar refractivity (Wildman–Crippen MR) is 80.6 cm³/mol. The van der Waals surface area contributed by atoms with Crippen molar-refractivity contribution in [2.75, 3.05) is 6.54 Å². The second kappa shape index (κ2) is 5.88. The van der Waals surface area contributed by atoms with Gasteiger partial charge in [-0.25, -0.2) is 0 Å². The van der Waals surface area contributed by atoms with E-state index >= 15 is 0 Å². The van der Waals surface area contributed by atoms with Gasteiger partial charge in [-0.2, -0.15) is 0 Å². The summed E-state index contributed by atoms with van der Waals surface area (Å²) >= 11 is 0. The Hall–Kier alpha value is -2.13. The summed E-state index contributed by atoms with van der Waals surface area (Å²) in [5, 5.41) is 4.74. The molecule has 3 heteroatoms. The van der Waals surface area contributed by atoms with Crippen LogP contribution >= 0.6 is 0 Å². The number of fused-ring (bicyclic) bond motifs is 1. The fourth-order valence-electron chi connectivity index (χ4n) is 2.50. The van der Waals surface area contributed by atoms with E-state index in [0.29, 0.717) is 0 Å². The van der Waals surface area contributed by atoms with Crippen LogP contribution in [0.3, 0.4) is 0 Å². The minimum Gasteiger partial charge on any atom is -0.472 e. The molecule has 0 radical (unpaired) electrons. The molecule has 0 fully saturated rings. The number of nitrogens with zero attached hydrogens (tertiary/aromatic N) is 1. The molecule has 0 aliphatic carbocycles. The quantitative estimate of drug-likeness (QED) is 0.760. The molecule has 1 N–H and O–H groups in total. The Bertz CT molecular complexity index is 671. The van der Waals surface area contributed by atoms with Gasteiger partial charge in [0.05, 0.1) is 24.1 Å². The molecule has 102 valence electrons. The Labute approximate surface area is 118 Å². The molecule has 3 rings (SSSR count). The maximum Gasteiger partial charge on any atom is 0.0953 e. The molecule has 1 unspecified atom stereocenters. The van der Waals surface area contributed by atoms with Crippen molar-refractivity contribution < 1.29 is 4.42 Å². The number of nitrogens with one attached hydrogen (secondary N) is 1. The van der Waals surface area contributed by atoms with Crippen molar-refractivity contribution >= 4 is 10.9 Å². The molecule has 0 saturated carbocycles. The van der Waals surface area contributed by atoms with Gasteiger partial charge < -0.3 is 9.73 Å². The molecular weight excluding hydrogens is 248 g/mol. The highest BCUT2D eigenvalue weighted by Gasteiger charge is 2.17. The van der Waals surface area contributed by atoms with E-state index in [0.717, 1.165) is 29.4 Å². The summed E-state index contributed by atoms with van der Waals surface area (Å²) in [6.45, 7) is 3.12. The average Bonchev–Trinajstić information content (AvgIpc) is 3.02. The number of furan rings is 1. The zero-order valence-corrected chi connectivity index (χ0v) is 11.5. The Morgan fingerprint density at radius 2 is 2.10 bits per heavy atom. The Kier molecular flexibility index (Phi) is 3.79. The number of rotatable bonds is 5. The van der Waals surface area contributed by atoms with E-state index in [9.17, 15) is 0 Å². The Balaban J connectivity index is 2.09. The van der Waals surface area contributed by atoms with E-state index in [1.54, 1.807) is 12.5 Å². The van der Waals surface area contributed by atoms with Crippen LogP contribution in [0.1, 0.15) is 30.5 Å². The van der Waals surface area contributed by atoms with Crippen molar-refractivity contribution in [2.24, 2.45) is 0 Å². The van der Waals surface area contributed by atoms with E-state index in [4.69, 9.17) is 4.42 Å². The predicted octanol–water partition coefficient (Wildman–Crippen LogP) is 3.92. The minimum absolute atomic E-state index is 0.118. The largest absolute Gasteiger partial charge is 0.472 e. The van der Waals surface area contributed by atoms with Crippen LogP contribution in [0.15, 0.2) is 59.5 Å². The van der Waals surface area contributed by atoms with Crippen molar-refractivity contribution in [1.82, 2.24) is 10.3 Å². The van der Waals surface area contributed by atoms with Crippen LogP contribution in [0.25, 0.3) is 10.9 Å². The number of para-hydroxylation sites is 1. The topological polar surface area (TPSA) is 38.1 Å². The third-order valence-corrected chi connectivity index (χ3v) is 3.45. The monoisotopic (exact) mass is 266 g/mol. The maximum absolute atomic E-state index is 5.25. The lowest BCUT2D eigenvalue weighted by Gasteiger charge is -2.19. The third kappa shape index (κ3) is 2.45. The number of pyridine rings is 1. The average molecular weight is 266 g/mol. The fourth-order valence-corrected chi connectivity index (χ4v) is 2.50. The molecule has 1 atom stereocenters. The highest BCUT2D eigenvalue weighted by molar-refractivity contribution is 5.82.